The molecule has 0 saturated heterocycles. The summed E-state index contributed by atoms with van der Waals surface area (Å²) in [5, 5.41) is 17.2. The number of carbonyl (C=O) groups excluding carboxylic acids is 1. The largest absolute Gasteiger partial charge is 0.468 e. The van der Waals surface area contributed by atoms with Crippen molar-refractivity contribution < 1.29 is 19.7 Å². The lowest BCUT2D eigenvalue weighted by atomic mass is 10.3. The van der Waals surface area contributed by atoms with E-state index in [4.69, 9.17) is 10.2 Å². The molecule has 2 N–H and O–H groups in total. The number of aliphatic hydroxyl groups is 2. The smallest absolute Gasteiger partial charge is 0.322 e. The maximum absolute atomic E-state index is 10.6. The summed E-state index contributed by atoms with van der Waals surface area (Å²) in [6.07, 6.45) is -1.10. The van der Waals surface area contributed by atoms with Crippen LogP contribution in [0.5, 0.6) is 0 Å². The van der Waals surface area contributed by atoms with Crippen molar-refractivity contribution in [3.63, 3.8) is 0 Å². The molecule has 0 aromatic rings. The SMILES string of the molecule is COC(=O)[C@@H](Br)[C@H](O)CO. The van der Waals surface area contributed by atoms with Gasteiger partial charge in [0.1, 0.15) is 10.9 Å². The van der Waals surface area contributed by atoms with Crippen LogP contribution < -0.4 is 0 Å². The molecule has 0 fully saturated rings. The summed E-state index contributed by atoms with van der Waals surface area (Å²) in [5.74, 6) is -0.596. The predicted molar refractivity (Wildman–Crippen MR) is 37.8 cm³/mol. The zero-order valence-electron chi connectivity index (χ0n) is 5.45. The van der Waals surface area contributed by atoms with Crippen LogP contribution in [0.1, 0.15) is 0 Å². The molecule has 4 nitrogen and oxygen atoms in total. The normalized spacial score (nSPS) is 16.0. The first-order chi connectivity index (χ1) is 4.63. The van der Waals surface area contributed by atoms with Gasteiger partial charge in [0.15, 0.2) is 0 Å². The van der Waals surface area contributed by atoms with Gasteiger partial charge >= 0.3 is 5.97 Å². The average Bonchev–Trinajstić information content (AvgIpc) is 2.00. The highest BCUT2D eigenvalue weighted by Crippen LogP contribution is 2.06. The van der Waals surface area contributed by atoms with Gasteiger partial charge in [0, 0.05) is 0 Å². The number of carbonyl (C=O) groups is 1. The highest BCUT2D eigenvalue weighted by Gasteiger charge is 2.23. The Hall–Kier alpha value is -0.130. The van der Waals surface area contributed by atoms with Gasteiger partial charge in [-0.05, 0) is 0 Å². The topological polar surface area (TPSA) is 66.8 Å². The molecule has 0 aliphatic heterocycles. The summed E-state index contributed by atoms with van der Waals surface area (Å²) >= 11 is 2.84. The van der Waals surface area contributed by atoms with Gasteiger partial charge in [0.25, 0.3) is 0 Å². The third-order valence-electron chi connectivity index (χ3n) is 0.951. The summed E-state index contributed by atoms with van der Waals surface area (Å²) in [4.78, 5) is 9.73. The number of rotatable bonds is 3. The number of methoxy groups -OCH3 is 1. The number of halogens is 1. The van der Waals surface area contributed by atoms with Crippen molar-refractivity contribution in [3.05, 3.63) is 0 Å². The van der Waals surface area contributed by atoms with Crippen LogP contribution in [-0.4, -0.2) is 40.8 Å². The Balaban J connectivity index is 3.81. The van der Waals surface area contributed by atoms with Crippen molar-refractivity contribution >= 4 is 21.9 Å². The maximum Gasteiger partial charge on any atom is 0.322 e. The minimum Gasteiger partial charge on any atom is -0.468 e. The Bertz CT molecular complexity index is 116. The lowest BCUT2D eigenvalue weighted by molar-refractivity contribution is -0.142. The fourth-order valence-corrected chi connectivity index (χ4v) is 0.716. The molecule has 5 heteroatoms. The van der Waals surface area contributed by atoms with Crippen molar-refractivity contribution in [2.24, 2.45) is 0 Å². The van der Waals surface area contributed by atoms with Crippen LogP contribution >= 0.6 is 15.9 Å². The molecule has 0 aliphatic carbocycles. The van der Waals surface area contributed by atoms with E-state index in [-0.39, 0.29) is 0 Å². The molecular formula is C5H9BrO4. The fraction of sp³-hybridized carbons (Fsp3) is 0.800. The number of hydrogen-bond acceptors (Lipinski definition) is 4. The van der Waals surface area contributed by atoms with Gasteiger partial charge in [-0.1, -0.05) is 15.9 Å². The highest BCUT2D eigenvalue weighted by atomic mass is 79.9. The Morgan fingerprint density at radius 1 is 1.80 bits per heavy atom. The van der Waals surface area contributed by atoms with E-state index in [1.54, 1.807) is 0 Å². The van der Waals surface area contributed by atoms with Crippen molar-refractivity contribution in [1.29, 1.82) is 0 Å². The zero-order chi connectivity index (χ0) is 8.15. The Kier molecular flexibility index (Phi) is 4.59. The molecule has 0 radical (unpaired) electrons. The zero-order valence-corrected chi connectivity index (χ0v) is 7.04. The van der Waals surface area contributed by atoms with Gasteiger partial charge < -0.3 is 14.9 Å². The van der Waals surface area contributed by atoms with E-state index >= 15 is 0 Å². The first kappa shape index (κ1) is 9.87. The predicted octanol–water partition coefficient (Wildman–Crippen LogP) is -0.724. The van der Waals surface area contributed by atoms with Crippen LogP contribution in [0.4, 0.5) is 0 Å². The molecule has 0 bridgehead atoms. The van der Waals surface area contributed by atoms with E-state index in [0.29, 0.717) is 0 Å². The van der Waals surface area contributed by atoms with Crippen LogP contribution in [0, 0.1) is 0 Å². The van der Waals surface area contributed by atoms with Gasteiger partial charge in [-0.25, -0.2) is 0 Å². The van der Waals surface area contributed by atoms with E-state index in [2.05, 4.69) is 20.7 Å². The monoisotopic (exact) mass is 212 g/mol. The summed E-state index contributed by atoms with van der Waals surface area (Å²) in [5.41, 5.74) is 0. The van der Waals surface area contributed by atoms with Gasteiger partial charge in [-0.3, -0.25) is 4.79 Å². The minimum atomic E-state index is -1.10. The second-order valence-electron chi connectivity index (χ2n) is 1.67. The molecule has 0 aromatic heterocycles. The Labute approximate surface area is 66.9 Å². The first-order valence-corrected chi connectivity index (χ1v) is 3.56. The van der Waals surface area contributed by atoms with Crippen molar-refractivity contribution in [2.45, 2.75) is 10.9 Å². The molecule has 0 spiro atoms. The van der Waals surface area contributed by atoms with Crippen molar-refractivity contribution in [3.8, 4) is 0 Å². The van der Waals surface area contributed by atoms with E-state index in [1.807, 2.05) is 0 Å². The molecule has 0 saturated carbocycles. The number of ether oxygens (including phenoxy) is 1. The standard InChI is InChI=1S/C5H9BrO4/c1-10-5(9)4(6)3(8)2-7/h3-4,7-8H,2H2,1H3/t3-,4+/m1/s1. The van der Waals surface area contributed by atoms with Crippen LogP contribution in [0.25, 0.3) is 0 Å². The third kappa shape index (κ3) is 2.64. The molecule has 0 rings (SSSR count). The fourth-order valence-electron chi connectivity index (χ4n) is 0.362. The Morgan fingerprint density at radius 2 is 2.30 bits per heavy atom. The van der Waals surface area contributed by atoms with E-state index in [1.165, 1.54) is 7.11 Å². The van der Waals surface area contributed by atoms with Gasteiger partial charge in [-0.2, -0.15) is 0 Å². The van der Waals surface area contributed by atoms with Crippen LogP contribution in [0.3, 0.4) is 0 Å². The van der Waals surface area contributed by atoms with Crippen LogP contribution in [0.15, 0.2) is 0 Å². The van der Waals surface area contributed by atoms with Gasteiger partial charge in [0.2, 0.25) is 0 Å². The second-order valence-corrected chi connectivity index (χ2v) is 2.66. The summed E-state index contributed by atoms with van der Waals surface area (Å²) in [7, 11) is 1.21. The molecule has 2 atom stereocenters. The molecule has 0 unspecified atom stereocenters. The summed E-state index contributed by atoms with van der Waals surface area (Å²) < 4.78 is 4.28. The lowest BCUT2D eigenvalue weighted by Gasteiger charge is -2.11. The maximum atomic E-state index is 10.6. The molecule has 0 aliphatic rings. The third-order valence-corrected chi connectivity index (χ3v) is 1.94. The summed E-state index contributed by atoms with van der Waals surface area (Å²) in [6.45, 7) is -0.467. The number of aliphatic hydroxyl groups excluding tert-OH is 2. The van der Waals surface area contributed by atoms with Crippen molar-refractivity contribution in [2.75, 3.05) is 13.7 Å². The van der Waals surface area contributed by atoms with E-state index < -0.39 is 23.5 Å². The minimum absolute atomic E-state index is 0.467. The van der Waals surface area contributed by atoms with E-state index in [9.17, 15) is 4.79 Å². The van der Waals surface area contributed by atoms with Crippen LogP contribution in [0.2, 0.25) is 0 Å². The first-order valence-electron chi connectivity index (χ1n) is 2.64. The number of hydrogen-bond donors (Lipinski definition) is 2. The average molecular weight is 213 g/mol. The molecule has 10 heavy (non-hydrogen) atoms. The van der Waals surface area contributed by atoms with Gasteiger partial charge in [-0.15, -0.1) is 0 Å². The van der Waals surface area contributed by atoms with Crippen molar-refractivity contribution in [1.82, 2.24) is 0 Å². The molecule has 0 amide bonds. The quantitative estimate of drug-likeness (QED) is 0.479. The van der Waals surface area contributed by atoms with Gasteiger partial charge in [0.05, 0.1) is 13.7 Å². The highest BCUT2D eigenvalue weighted by molar-refractivity contribution is 9.10. The molecule has 60 valence electrons. The molecular weight excluding hydrogens is 204 g/mol. The molecule has 0 heterocycles. The van der Waals surface area contributed by atoms with E-state index in [0.717, 1.165) is 0 Å². The lowest BCUT2D eigenvalue weighted by Crippen LogP contribution is -2.32. The number of alkyl halides is 1. The Morgan fingerprint density at radius 3 is 2.60 bits per heavy atom. The summed E-state index contributed by atoms with van der Waals surface area (Å²) in [6, 6.07) is 0. The second kappa shape index (κ2) is 4.65. The van der Waals surface area contributed by atoms with Crippen LogP contribution in [-0.2, 0) is 9.53 Å². The number of esters is 1. The molecule has 0 aromatic carbocycles.